The van der Waals surface area contributed by atoms with Gasteiger partial charge in [-0.15, -0.1) is 0 Å². The Bertz CT molecular complexity index is 552. The van der Waals surface area contributed by atoms with Crippen molar-refractivity contribution in [3.8, 4) is 0 Å². The summed E-state index contributed by atoms with van der Waals surface area (Å²) >= 11 is 6.91. The Morgan fingerprint density at radius 2 is 2.32 bits per heavy atom. The third-order valence-electron chi connectivity index (χ3n) is 2.61. The Morgan fingerprint density at radius 1 is 1.58 bits per heavy atom. The van der Waals surface area contributed by atoms with Crippen LogP contribution in [0, 0.1) is 0 Å². The fraction of sp³-hybridized carbons (Fsp3) is 0.364. The van der Waals surface area contributed by atoms with Crippen LogP contribution < -0.4 is 4.90 Å². The minimum Gasteiger partial charge on any atom is -0.298 e. The molecule has 1 aliphatic heterocycles. The molecule has 1 atom stereocenters. The van der Waals surface area contributed by atoms with Gasteiger partial charge >= 0.3 is 0 Å². The molecule has 1 saturated heterocycles. The van der Waals surface area contributed by atoms with E-state index in [0.717, 1.165) is 11.8 Å². The number of carbonyl (C=O) groups is 3. The third-order valence-corrected chi connectivity index (χ3v) is 3.89. The van der Waals surface area contributed by atoms with Gasteiger partial charge in [0.25, 0.3) is 0 Å². The summed E-state index contributed by atoms with van der Waals surface area (Å²) in [5.41, 5.74) is 0.0889. The molecule has 2 rings (SSSR count). The molecule has 100 valence electrons. The van der Waals surface area contributed by atoms with Crippen molar-refractivity contribution >= 4 is 46.5 Å². The van der Waals surface area contributed by atoms with Crippen LogP contribution in [0.4, 0.5) is 5.82 Å². The van der Waals surface area contributed by atoms with Crippen LogP contribution in [0.25, 0.3) is 0 Å². The van der Waals surface area contributed by atoms with Crippen molar-refractivity contribution < 1.29 is 14.4 Å². The van der Waals surface area contributed by atoms with E-state index in [1.165, 1.54) is 18.2 Å². The highest BCUT2D eigenvalue weighted by Crippen LogP contribution is 2.30. The van der Waals surface area contributed by atoms with Gasteiger partial charge in [0.15, 0.2) is 17.2 Å². The van der Waals surface area contributed by atoms with Crippen LogP contribution in [0.1, 0.15) is 23.7 Å². The van der Waals surface area contributed by atoms with Crippen LogP contribution >= 0.6 is 23.4 Å². The molecule has 0 radical (unpaired) electrons. The predicted octanol–water partition coefficient (Wildman–Crippen LogP) is 1.33. The minimum atomic E-state index is -0.184. The first-order chi connectivity index (χ1) is 9.02. The van der Waals surface area contributed by atoms with Crippen LogP contribution in [0.3, 0.4) is 0 Å². The summed E-state index contributed by atoms with van der Waals surface area (Å²) in [7, 11) is 0. The molecular weight excluding hydrogens is 290 g/mol. The molecule has 1 aromatic heterocycles. The van der Waals surface area contributed by atoms with Crippen LogP contribution in [0.15, 0.2) is 6.33 Å². The van der Waals surface area contributed by atoms with Crippen LogP contribution in [-0.4, -0.2) is 39.1 Å². The van der Waals surface area contributed by atoms with Crippen molar-refractivity contribution in [3.63, 3.8) is 0 Å². The van der Waals surface area contributed by atoms with Crippen molar-refractivity contribution in [2.45, 2.75) is 18.6 Å². The number of amides is 1. The second-order valence-corrected chi connectivity index (χ2v) is 5.79. The maximum Gasteiger partial charge on any atom is 0.229 e. The smallest absolute Gasteiger partial charge is 0.229 e. The molecule has 1 amide bonds. The highest BCUT2D eigenvalue weighted by molar-refractivity contribution is 8.14. The summed E-state index contributed by atoms with van der Waals surface area (Å²) in [6.07, 6.45) is 1.96. The van der Waals surface area contributed by atoms with Gasteiger partial charge in [-0.3, -0.25) is 19.3 Å². The number of aldehydes is 1. The molecule has 0 bridgehead atoms. The fourth-order valence-electron chi connectivity index (χ4n) is 1.88. The number of carbonyl (C=O) groups excluding carboxylic acids is 3. The first-order valence-corrected chi connectivity index (χ1v) is 6.72. The third kappa shape index (κ3) is 2.93. The first kappa shape index (κ1) is 14.0. The average Bonchev–Trinajstić information content (AvgIpc) is 2.68. The summed E-state index contributed by atoms with van der Waals surface area (Å²) in [5, 5.41) is -0.162. The SMILES string of the molecule is CC(=O)SC1CC(=O)N(c2ncnc(Cl)c2C=O)C1. The molecule has 1 unspecified atom stereocenters. The van der Waals surface area contributed by atoms with Gasteiger partial charge in [-0.1, -0.05) is 23.4 Å². The summed E-state index contributed by atoms with van der Waals surface area (Å²) in [6, 6.07) is 0. The number of hydrogen-bond donors (Lipinski definition) is 0. The Kier molecular flexibility index (Phi) is 4.16. The van der Waals surface area contributed by atoms with Crippen molar-refractivity contribution in [3.05, 3.63) is 17.0 Å². The van der Waals surface area contributed by atoms with Gasteiger partial charge < -0.3 is 0 Å². The van der Waals surface area contributed by atoms with E-state index in [0.29, 0.717) is 12.8 Å². The molecule has 0 aromatic carbocycles. The monoisotopic (exact) mass is 299 g/mol. The van der Waals surface area contributed by atoms with Gasteiger partial charge in [0, 0.05) is 25.1 Å². The molecule has 6 nitrogen and oxygen atoms in total. The predicted molar refractivity (Wildman–Crippen MR) is 71.5 cm³/mol. The maximum absolute atomic E-state index is 11.9. The number of halogens is 1. The maximum atomic E-state index is 11.9. The molecule has 1 aliphatic rings. The number of rotatable bonds is 3. The highest BCUT2D eigenvalue weighted by atomic mass is 35.5. The Morgan fingerprint density at radius 3 is 2.95 bits per heavy atom. The second kappa shape index (κ2) is 5.66. The lowest BCUT2D eigenvalue weighted by Gasteiger charge is -2.16. The molecule has 0 N–H and O–H groups in total. The van der Waals surface area contributed by atoms with Crippen molar-refractivity contribution in [1.82, 2.24) is 9.97 Å². The highest BCUT2D eigenvalue weighted by Gasteiger charge is 2.34. The Labute approximate surface area is 118 Å². The number of thioether (sulfide) groups is 1. The van der Waals surface area contributed by atoms with E-state index in [4.69, 9.17) is 11.6 Å². The van der Waals surface area contributed by atoms with Gasteiger partial charge in [-0.25, -0.2) is 9.97 Å². The molecule has 2 heterocycles. The van der Waals surface area contributed by atoms with E-state index >= 15 is 0 Å². The van der Waals surface area contributed by atoms with E-state index < -0.39 is 0 Å². The summed E-state index contributed by atoms with van der Waals surface area (Å²) < 4.78 is 0. The second-order valence-electron chi connectivity index (χ2n) is 3.96. The van der Waals surface area contributed by atoms with Gasteiger partial charge in [0.2, 0.25) is 5.91 Å². The molecule has 1 fully saturated rings. The lowest BCUT2D eigenvalue weighted by Crippen LogP contribution is -2.27. The Balaban J connectivity index is 2.28. The number of hydrogen-bond acceptors (Lipinski definition) is 6. The van der Waals surface area contributed by atoms with Crippen LogP contribution in [0.2, 0.25) is 5.15 Å². The van der Waals surface area contributed by atoms with Gasteiger partial charge in [-0.2, -0.15) is 0 Å². The zero-order chi connectivity index (χ0) is 14.0. The standard InChI is InChI=1S/C11H10ClN3O3S/c1-6(17)19-7-2-9(18)15(3-7)11-8(4-16)10(12)13-5-14-11/h4-5,7H,2-3H2,1H3. The molecule has 8 heteroatoms. The quantitative estimate of drug-likeness (QED) is 0.619. The molecule has 1 aromatic rings. The van der Waals surface area contributed by atoms with E-state index in [2.05, 4.69) is 9.97 Å². The van der Waals surface area contributed by atoms with E-state index in [1.54, 1.807) is 0 Å². The fourth-order valence-corrected chi connectivity index (χ4v) is 2.97. The normalized spacial score (nSPS) is 18.7. The van der Waals surface area contributed by atoms with E-state index in [-0.39, 0.29) is 39.2 Å². The van der Waals surface area contributed by atoms with Crippen molar-refractivity contribution in [2.24, 2.45) is 0 Å². The molecule has 0 saturated carbocycles. The van der Waals surface area contributed by atoms with Gasteiger partial charge in [-0.05, 0) is 0 Å². The topological polar surface area (TPSA) is 80.2 Å². The molecule has 0 aliphatic carbocycles. The largest absolute Gasteiger partial charge is 0.298 e. The van der Waals surface area contributed by atoms with E-state index in [1.807, 2.05) is 0 Å². The molecule has 19 heavy (non-hydrogen) atoms. The van der Waals surface area contributed by atoms with Crippen molar-refractivity contribution in [2.75, 3.05) is 11.4 Å². The lowest BCUT2D eigenvalue weighted by molar-refractivity contribution is -0.117. The zero-order valence-electron chi connectivity index (χ0n) is 10.00. The zero-order valence-corrected chi connectivity index (χ0v) is 11.6. The van der Waals surface area contributed by atoms with Crippen LogP contribution in [-0.2, 0) is 9.59 Å². The summed E-state index contributed by atoms with van der Waals surface area (Å²) in [5.74, 6) is 0.0169. The first-order valence-electron chi connectivity index (χ1n) is 5.46. The lowest BCUT2D eigenvalue weighted by atomic mass is 10.3. The van der Waals surface area contributed by atoms with E-state index in [9.17, 15) is 14.4 Å². The van der Waals surface area contributed by atoms with Crippen LogP contribution in [0.5, 0.6) is 0 Å². The molecular formula is C11H10ClN3O3S. The molecule has 0 spiro atoms. The summed E-state index contributed by atoms with van der Waals surface area (Å²) in [6.45, 7) is 1.79. The van der Waals surface area contributed by atoms with Gasteiger partial charge in [0.1, 0.15) is 11.5 Å². The summed E-state index contributed by atoms with van der Waals surface area (Å²) in [4.78, 5) is 43.0. The minimum absolute atomic E-state index is 0.00970. The van der Waals surface area contributed by atoms with Crippen molar-refractivity contribution in [1.29, 1.82) is 0 Å². The number of nitrogens with zero attached hydrogens (tertiary/aromatic N) is 3. The van der Waals surface area contributed by atoms with Gasteiger partial charge in [0.05, 0.1) is 5.56 Å². The average molecular weight is 300 g/mol. The Hall–Kier alpha value is -1.47. The number of anilines is 1. The number of aromatic nitrogens is 2.